The fourth-order valence-corrected chi connectivity index (χ4v) is 6.17. The normalized spacial score (nSPS) is 14.3. The molecule has 20 nitrogen and oxygen atoms in total. The largest absolute Gasteiger partial charge is 0.370 e. The molecule has 328 valence electrons. The van der Waals surface area contributed by atoms with Gasteiger partial charge in [-0.3, -0.25) is 39.0 Å². The molecule has 1 heterocycles. The minimum Gasteiger partial charge on any atom is -0.370 e. The van der Waals surface area contributed by atoms with Gasteiger partial charge in [-0.2, -0.15) is 0 Å². The lowest BCUT2D eigenvalue weighted by Gasteiger charge is -2.29. The molecule has 0 aliphatic rings. The first-order valence-corrected chi connectivity index (χ1v) is 20.0. The van der Waals surface area contributed by atoms with Crippen LogP contribution in [0, 0.1) is 17.2 Å². The monoisotopic (exact) mass is 828 g/mol. The Labute approximate surface area is 345 Å². The lowest BCUT2D eigenvalue weighted by molar-refractivity contribution is -0.135. The molecule has 2 aromatic rings. The van der Waals surface area contributed by atoms with Gasteiger partial charge in [0.05, 0.1) is 12.6 Å². The molecule has 0 radical (unpaired) electrons. The van der Waals surface area contributed by atoms with Crippen LogP contribution in [0.2, 0.25) is 0 Å². The van der Waals surface area contributed by atoms with Gasteiger partial charge in [0.2, 0.25) is 41.4 Å². The summed E-state index contributed by atoms with van der Waals surface area (Å²) in [6, 6.07) is 1.11. The van der Waals surface area contributed by atoms with Gasteiger partial charge in [-0.1, -0.05) is 45.9 Å². The second-order valence-corrected chi connectivity index (χ2v) is 15.4. The maximum atomic E-state index is 13.9. The second kappa shape index (κ2) is 24.9. The molecule has 0 unspecified atom stereocenters. The van der Waals surface area contributed by atoms with E-state index >= 15 is 0 Å². The predicted molar refractivity (Wildman–Crippen MR) is 224 cm³/mol. The van der Waals surface area contributed by atoms with Crippen molar-refractivity contribution < 1.29 is 33.6 Å². The van der Waals surface area contributed by atoms with Crippen molar-refractivity contribution in [2.45, 2.75) is 116 Å². The van der Waals surface area contributed by atoms with Crippen LogP contribution in [0.5, 0.6) is 0 Å². The maximum Gasteiger partial charge on any atom is 0.243 e. The Bertz CT molecular complexity index is 1750. The summed E-state index contributed by atoms with van der Waals surface area (Å²) in [7, 11) is 0. The summed E-state index contributed by atoms with van der Waals surface area (Å²) in [4.78, 5) is 95.5. The molecule has 59 heavy (non-hydrogen) atoms. The highest BCUT2D eigenvalue weighted by molar-refractivity contribution is 5.97. The van der Waals surface area contributed by atoms with E-state index in [9.17, 15) is 33.6 Å². The second-order valence-electron chi connectivity index (χ2n) is 15.4. The zero-order chi connectivity index (χ0) is 44.2. The van der Waals surface area contributed by atoms with Crippen molar-refractivity contribution in [3.63, 3.8) is 0 Å². The molecule has 0 fully saturated rings. The molecule has 0 saturated carbocycles. The van der Waals surface area contributed by atoms with E-state index in [2.05, 4.69) is 42.2 Å². The van der Waals surface area contributed by atoms with Gasteiger partial charge in [0.25, 0.3) is 0 Å². The van der Waals surface area contributed by atoms with Gasteiger partial charge in [0.1, 0.15) is 30.2 Å². The van der Waals surface area contributed by atoms with E-state index < -0.39 is 90.1 Å². The van der Waals surface area contributed by atoms with Crippen molar-refractivity contribution in [1.82, 2.24) is 42.2 Å². The maximum absolute atomic E-state index is 13.9. The number of carbonyl (C=O) groups is 7. The summed E-state index contributed by atoms with van der Waals surface area (Å²) >= 11 is 0. The molecule has 0 spiro atoms. The summed E-state index contributed by atoms with van der Waals surface area (Å²) < 4.78 is 0. The Morgan fingerprint density at radius 3 is 1.95 bits per heavy atom. The molecule has 0 aliphatic heterocycles. The molecule has 2 rings (SSSR count). The number of nitrogens with one attached hydrogen (secondary N) is 9. The van der Waals surface area contributed by atoms with Gasteiger partial charge in [0, 0.05) is 30.1 Å². The number of primary amides is 1. The van der Waals surface area contributed by atoms with Crippen LogP contribution in [0.25, 0.3) is 10.9 Å². The lowest BCUT2D eigenvalue weighted by atomic mass is 9.98. The van der Waals surface area contributed by atoms with Crippen molar-refractivity contribution >= 4 is 58.2 Å². The van der Waals surface area contributed by atoms with Crippen LogP contribution in [0.4, 0.5) is 0 Å². The van der Waals surface area contributed by atoms with Gasteiger partial charge in [-0.15, -0.1) is 0 Å². The van der Waals surface area contributed by atoms with E-state index in [0.717, 1.165) is 16.5 Å². The molecule has 6 atom stereocenters. The molecule has 17 N–H and O–H groups in total. The number of carbonyl (C=O) groups excluding carboxylic acids is 7. The lowest BCUT2D eigenvalue weighted by Crippen LogP contribution is -2.60. The van der Waals surface area contributed by atoms with Gasteiger partial charge >= 0.3 is 0 Å². The number of rotatable bonds is 26. The zero-order valence-corrected chi connectivity index (χ0v) is 34.7. The predicted octanol–water partition coefficient (Wildman–Crippen LogP) is -1.82. The number of para-hydroxylation sites is 1. The van der Waals surface area contributed by atoms with Gasteiger partial charge in [0.15, 0.2) is 5.96 Å². The highest BCUT2D eigenvalue weighted by Gasteiger charge is 2.33. The molecule has 1 aromatic carbocycles. The number of hydrogen-bond donors (Lipinski definition) is 13. The Kier molecular flexibility index (Phi) is 20.8. The first-order valence-electron chi connectivity index (χ1n) is 20.0. The highest BCUT2D eigenvalue weighted by Crippen LogP contribution is 2.20. The molecule has 0 bridgehead atoms. The van der Waals surface area contributed by atoms with Crippen LogP contribution in [0.1, 0.15) is 78.7 Å². The van der Waals surface area contributed by atoms with Crippen molar-refractivity contribution in [3.8, 4) is 0 Å². The van der Waals surface area contributed by atoms with E-state index in [1.54, 1.807) is 20.0 Å². The fourth-order valence-electron chi connectivity index (χ4n) is 6.17. The van der Waals surface area contributed by atoms with Crippen LogP contribution in [-0.2, 0) is 40.0 Å². The zero-order valence-electron chi connectivity index (χ0n) is 34.7. The van der Waals surface area contributed by atoms with Crippen LogP contribution in [-0.4, -0.2) is 108 Å². The van der Waals surface area contributed by atoms with E-state index in [4.69, 9.17) is 28.3 Å². The molecule has 20 heteroatoms. The van der Waals surface area contributed by atoms with Crippen molar-refractivity contribution in [1.29, 1.82) is 5.41 Å². The third-order valence-corrected chi connectivity index (χ3v) is 9.40. The summed E-state index contributed by atoms with van der Waals surface area (Å²) in [5.41, 5.74) is 23.8. The van der Waals surface area contributed by atoms with E-state index in [1.807, 2.05) is 38.1 Å². The number of hydrogen-bond acceptors (Lipinski definition) is 10. The van der Waals surface area contributed by atoms with E-state index in [-0.39, 0.29) is 44.1 Å². The number of guanidine groups is 1. The average Bonchev–Trinajstić information content (AvgIpc) is 3.57. The Balaban J connectivity index is 2.20. The number of nitrogens with two attached hydrogens (primary N) is 4. The van der Waals surface area contributed by atoms with Gasteiger partial charge in [-0.05, 0) is 75.5 Å². The molecular formula is C39H65N13O7. The quantitative estimate of drug-likeness (QED) is 0.0284. The van der Waals surface area contributed by atoms with E-state index in [0.29, 0.717) is 25.8 Å². The molecule has 7 amide bonds. The van der Waals surface area contributed by atoms with Crippen LogP contribution < -0.4 is 60.2 Å². The molecule has 1 aromatic heterocycles. The average molecular weight is 828 g/mol. The SMILES string of the molecule is CC(C)C[C@H](NC(=O)[C@H](Cc1c[nH]c2ccccc12)NC(=O)[C@H](C)N)C(=O)N[C@H](C(=O)N[C@@H](CCCCN)C(=O)NCC(=O)N[C@@H](CCCNC(=N)N)C(N)=O)C(C)C. The van der Waals surface area contributed by atoms with Crippen molar-refractivity contribution in [2.75, 3.05) is 19.6 Å². The van der Waals surface area contributed by atoms with Crippen LogP contribution in [0.15, 0.2) is 30.5 Å². The summed E-state index contributed by atoms with van der Waals surface area (Å²) in [5.74, 6) is -5.43. The van der Waals surface area contributed by atoms with E-state index in [1.165, 1.54) is 6.92 Å². The van der Waals surface area contributed by atoms with Gasteiger partial charge < -0.3 is 65.1 Å². The number of benzene rings is 1. The molecule has 0 saturated heterocycles. The summed E-state index contributed by atoms with van der Waals surface area (Å²) in [6.07, 6.45) is 3.75. The smallest absolute Gasteiger partial charge is 0.243 e. The summed E-state index contributed by atoms with van der Waals surface area (Å²) in [5, 5.41) is 26.6. The number of fused-ring (bicyclic) bond motifs is 1. The molecule has 0 aliphatic carbocycles. The number of unbranched alkanes of at least 4 members (excludes halogenated alkanes) is 1. The van der Waals surface area contributed by atoms with Gasteiger partial charge in [-0.25, -0.2) is 0 Å². The standard InChI is InChI=1S/C39H65N13O7/c1-21(2)17-29(51-36(57)30(50-34(55)23(5)41)18-24-19-46-26-12-7-6-11-25(24)26)37(58)52-32(22(3)4)38(59)49-28(13-8-9-15-40)35(56)47-20-31(53)48-27(33(42)54)14-10-16-45-39(43)44/h6-7,11-12,19,21-23,27-30,32,46H,8-10,13-18,20,40-41H2,1-5H3,(H2,42,54)(H,47,56)(H,48,53)(H,49,59)(H,50,55)(H,51,57)(H,52,58)(H4,43,44,45)/t23-,27-,28-,29-,30-,32-/m0/s1. The molecular weight excluding hydrogens is 763 g/mol. The fraction of sp³-hybridized carbons (Fsp3) is 0.590. The summed E-state index contributed by atoms with van der Waals surface area (Å²) in [6.45, 7) is 8.74. The topological polar surface area (TPSA) is 347 Å². The Hall–Kier alpha value is -5.76. The minimum atomic E-state index is -1.14. The number of aromatic nitrogens is 1. The number of amides is 7. The van der Waals surface area contributed by atoms with Crippen molar-refractivity contribution in [2.24, 2.45) is 34.8 Å². The van der Waals surface area contributed by atoms with Crippen LogP contribution in [0.3, 0.4) is 0 Å². The minimum absolute atomic E-state index is 0.0714. The number of aromatic amines is 1. The number of H-pyrrole nitrogens is 1. The Morgan fingerprint density at radius 2 is 1.34 bits per heavy atom. The van der Waals surface area contributed by atoms with Crippen molar-refractivity contribution in [3.05, 3.63) is 36.0 Å². The first kappa shape index (κ1) is 49.4. The van der Waals surface area contributed by atoms with Crippen LogP contribution >= 0.6 is 0 Å². The Morgan fingerprint density at radius 1 is 0.712 bits per heavy atom. The highest BCUT2D eigenvalue weighted by atomic mass is 16.2. The third kappa shape index (κ3) is 17.3. The third-order valence-electron chi connectivity index (χ3n) is 9.40. The first-order chi connectivity index (χ1) is 27.8.